The standard InChI is InChI=1S/C21H17N5O/c1-15-18(14-22-19-12-13-23-26(15)19)21(27)25-24-20(16-8-4-2-5-9-16)17-10-6-3-7-11-17/h2-14H,1H3,(H,25,27). The first kappa shape index (κ1) is 16.7. The third-order valence-electron chi connectivity index (χ3n) is 4.26. The Morgan fingerprint density at radius 1 is 0.963 bits per heavy atom. The number of nitrogens with zero attached hydrogens (tertiary/aromatic N) is 4. The monoisotopic (exact) mass is 355 g/mol. The van der Waals surface area contributed by atoms with Gasteiger partial charge >= 0.3 is 0 Å². The molecule has 2 aromatic carbocycles. The first-order chi connectivity index (χ1) is 13.2. The van der Waals surface area contributed by atoms with Crippen molar-refractivity contribution in [1.29, 1.82) is 0 Å². The van der Waals surface area contributed by atoms with Crippen molar-refractivity contribution in [2.45, 2.75) is 6.92 Å². The fourth-order valence-corrected chi connectivity index (χ4v) is 2.87. The molecule has 0 aliphatic carbocycles. The number of aromatic nitrogens is 3. The zero-order chi connectivity index (χ0) is 18.6. The fourth-order valence-electron chi connectivity index (χ4n) is 2.87. The van der Waals surface area contributed by atoms with E-state index in [0.29, 0.717) is 22.6 Å². The van der Waals surface area contributed by atoms with Gasteiger partial charge in [0.2, 0.25) is 0 Å². The molecule has 0 fully saturated rings. The average Bonchev–Trinajstić information content (AvgIpc) is 3.20. The summed E-state index contributed by atoms with van der Waals surface area (Å²) >= 11 is 0. The van der Waals surface area contributed by atoms with Crippen LogP contribution in [0, 0.1) is 6.92 Å². The summed E-state index contributed by atoms with van der Waals surface area (Å²) in [6.45, 7) is 1.83. The molecule has 0 atom stereocenters. The smallest absolute Gasteiger partial charge is 0.267 e. The number of amides is 1. The molecule has 0 unspecified atom stereocenters. The molecule has 6 nitrogen and oxygen atoms in total. The highest BCUT2D eigenvalue weighted by molar-refractivity contribution is 6.13. The second-order valence-corrected chi connectivity index (χ2v) is 5.99. The Hall–Kier alpha value is -3.80. The minimum Gasteiger partial charge on any atom is -0.267 e. The topological polar surface area (TPSA) is 71.7 Å². The van der Waals surface area contributed by atoms with E-state index < -0.39 is 0 Å². The third kappa shape index (κ3) is 3.32. The van der Waals surface area contributed by atoms with Crippen molar-refractivity contribution in [1.82, 2.24) is 20.0 Å². The van der Waals surface area contributed by atoms with Gasteiger partial charge in [0.25, 0.3) is 5.91 Å². The largest absolute Gasteiger partial charge is 0.274 e. The quantitative estimate of drug-likeness (QED) is 0.451. The third-order valence-corrected chi connectivity index (χ3v) is 4.26. The maximum atomic E-state index is 12.7. The number of hydrazone groups is 1. The van der Waals surface area contributed by atoms with Gasteiger partial charge < -0.3 is 0 Å². The van der Waals surface area contributed by atoms with Gasteiger partial charge in [-0.25, -0.2) is 14.9 Å². The summed E-state index contributed by atoms with van der Waals surface area (Å²) in [4.78, 5) is 17.0. The molecule has 6 heteroatoms. The second kappa shape index (κ2) is 7.21. The van der Waals surface area contributed by atoms with Crippen LogP contribution in [-0.4, -0.2) is 26.2 Å². The van der Waals surface area contributed by atoms with Crippen molar-refractivity contribution in [3.63, 3.8) is 0 Å². The summed E-state index contributed by atoms with van der Waals surface area (Å²) in [5.41, 5.74) is 7.02. The number of benzene rings is 2. The minimum absolute atomic E-state index is 0.332. The van der Waals surface area contributed by atoms with Gasteiger partial charge in [-0.05, 0) is 6.92 Å². The highest BCUT2D eigenvalue weighted by Crippen LogP contribution is 2.12. The molecule has 2 aromatic heterocycles. The fraction of sp³-hybridized carbons (Fsp3) is 0.0476. The van der Waals surface area contributed by atoms with Crippen LogP contribution >= 0.6 is 0 Å². The van der Waals surface area contributed by atoms with Crippen LogP contribution in [0.3, 0.4) is 0 Å². The van der Waals surface area contributed by atoms with Gasteiger partial charge in [0, 0.05) is 23.4 Å². The molecule has 0 bridgehead atoms. The summed E-state index contributed by atoms with van der Waals surface area (Å²) < 4.78 is 1.63. The Morgan fingerprint density at radius 3 is 2.22 bits per heavy atom. The zero-order valence-corrected chi connectivity index (χ0v) is 14.7. The minimum atomic E-state index is -0.332. The molecule has 0 radical (unpaired) electrons. The van der Waals surface area contributed by atoms with Crippen LogP contribution in [-0.2, 0) is 0 Å². The Kier molecular flexibility index (Phi) is 4.45. The van der Waals surface area contributed by atoms with E-state index in [2.05, 4.69) is 20.6 Å². The molecule has 2 heterocycles. The molecule has 27 heavy (non-hydrogen) atoms. The summed E-state index contributed by atoms with van der Waals surface area (Å²) in [6, 6.07) is 21.3. The number of rotatable bonds is 4. The number of carbonyl (C=O) groups is 1. The van der Waals surface area contributed by atoms with E-state index in [4.69, 9.17) is 0 Å². The molecule has 0 aliphatic heterocycles. The SMILES string of the molecule is Cc1c(C(=O)NN=C(c2ccccc2)c2ccccc2)cnc2ccnn12. The molecular formula is C21H17N5O. The maximum Gasteiger partial charge on any atom is 0.274 e. The maximum absolute atomic E-state index is 12.7. The first-order valence-electron chi connectivity index (χ1n) is 8.52. The molecule has 0 spiro atoms. The predicted octanol–water partition coefficient (Wildman–Crippen LogP) is 3.22. The van der Waals surface area contributed by atoms with Crippen molar-refractivity contribution >= 4 is 17.3 Å². The van der Waals surface area contributed by atoms with Gasteiger partial charge in [-0.1, -0.05) is 60.7 Å². The molecule has 132 valence electrons. The molecule has 1 amide bonds. The number of hydrogen-bond acceptors (Lipinski definition) is 4. The number of fused-ring (bicyclic) bond motifs is 1. The summed E-state index contributed by atoms with van der Waals surface area (Å²) in [7, 11) is 0. The van der Waals surface area contributed by atoms with Gasteiger partial charge in [0.1, 0.15) is 0 Å². The summed E-state index contributed by atoms with van der Waals surface area (Å²) in [6.07, 6.45) is 3.19. The average molecular weight is 355 g/mol. The Labute approximate surface area is 156 Å². The molecule has 1 N–H and O–H groups in total. The lowest BCUT2D eigenvalue weighted by Crippen LogP contribution is -2.22. The van der Waals surface area contributed by atoms with E-state index in [0.717, 1.165) is 11.1 Å². The second-order valence-electron chi connectivity index (χ2n) is 5.99. The van der Waals surface area contributed by atoms with E-state index in [9.17, 15) is 4.79 Å². The van der Waals surface area contributed by atoms with Crippen LogP contribution in [0.1, 0.15) is 27.2 Å². The predicted molar refractivity (Wildman–Crippen MR) is 104 cm³/mol. The molecule has 4 rings (SSSR count). The lowest BCUT2D eigenvalue weighted by atomic mass is 10.0. The van der Waals surface area contributed by atoms with Crippen molar-refractivity contribution < 1.29 is 4.79 Å². The highest BCUT2D eigenvalue weighted by Gasteiger charge is 2.14. The van der Waals surface area contributed by atoms with E-state index in [1.54, 1.807) is 23.0 Å². The Bertz CT molecular complexity index is 1080. The number of carbonyl (C=O) groups excluding carboxylic acids is 1. The molecular weight excluding hydrogens is 338 g/mol. The van der Waals surface area contributed by atoms with E-state index >= 15 is 0 Å². The molecule has 4 aromatic rings. The van der Waals surface area contributed by atoms with Crippen molar-refractivity contribution in [2.24, 2.45) is 5.10 Å². The van der Waals surface area contributed by atoms with Crippen molar-refractivity contribution in [3.8, 4) is 0 Å². The van der Waals surface area contributed by atoms with Crippen LogP contribution < -0.4 is 5.43 Å². The van der Waals surface area contributed by atoms with Crippen molar-refractivity contribution in [3.05, 3.63) is 102 Å². The van der Waals surface area contributed by atoms with Gasteiger partial charge in [-0.2, -0.15) is 10.2 Å². The lowest BCUT2D eigenvalue weighted by molar-refractivity contribution is 0.0953. The van der Waals surface area contributed by atoms with Gasteiger partial charge in [0.05, 0.1) is 23.2 Å². The summed E-state index contributed by atoms with van der Waals surface area (Å²) in [5.74, 6) is -0.332. The van der Waals surface area contributed by atoms with E-state index in [1.165, 1.54) is 0 Å². The molecule has 0 aliphatic rings. The highest BCUT2D eigenvalue weighted by atomic mass is 16.2. The molecule has 0 saturated carbocycles. The Morgan fingerprint density at radius 2 is 1.59 bits per heavy atom. The lowest BCUT2D eigenvalue weighted by Gasteiger charge is -2.09. The number of aryl methyl sites for hydroxylation is 1. The van der Waals surface area contributed by atoms with Crippen molar-refractivity contribution in [2.75, 3.05) is 0 Å². The van der Waals surface area contributed by atoms with Crippen LogP contribution in [0.4, 0.5) is 0 Å². The van der Waals surface area contributed by atoms with E-state index in [-0.39, 0.29) is 5.91 Å². The van der Waals surface area contributed by atoms with Crippen LogP contribution in [0.25, 0.3) is 5.65 Å². The number of hydrogen-bond donors (Lipinski definition) is 1. The Balaban J connectivity index is 1.69. The van der Waals surface area contributed by atoms with Gasteiger partial charge in [0.15, 0.2) is 5.65 Å². The number of nitrogens with one attached hydrogen (secondary N) is 1. The van der Waals surface area contributed by atoms with Gasteiger partial charge in [-0.3, -0.25) is 4.79 Å². The van der Waals surface area contributed by atoms with Crippen LogP contribution in [0.5, 0.6) is 0 Å². The van der Waals surface area contributed by atoms with E-state index in [1.807, 2.05) is 67.6 Å². The molecule has 0 saturated heterocycles. The first-order valence-corrected chi connectivity index (χ1v) is 8.52. The van der Waals surface area contributed by atoms with Gasteiger partial charge in [-0.15, -0.1) is 0 Å². The van der Waals surface area contributed by atoms with Crippen LogP contribution in [0.15, 0.2) is 84.2 Å². The van der Waals surface area contributed by atoms with Crippen LogP contribution in [0.2, 0.25) is 0 Å². The summed E-state index contributed by atoms with van der Waals surface area (Å²) in [5, 5.41) is 8.60. The zero-order valence-electron chi connectivity index (χ0n) is 14.7. The normalized spacial score (nSPS) is 10.6.